The highest BCUT2D eigenvalue weighted by Gasteiger charge is 2.31. The first-order chi connectivity index (χ1) is 4.52. The average molecular weight is 244 g/mol. The monoisotopic (exact) mass is 242 g/mol. The van der Waals surface area contributed by atoms with Crippen molar-refractivity contribution < 1.29 is 5.11 Å². The highest BCUT2D eigenvalue weighted by Crippen LogP contribution is 2.36. The number of aliphatic hydroxyl groups excluding tert-OH is 1. The van der Waals surface area contributed by atoms with Crippen LogP contribution < -0.4 is 0 Å². The zero-order valence-corrected chi connectivity index (χ0v) is 7.99. The van der Waals surface area contributed by atoms with Crippen LogP contribution >= 0.6 is 39.1 Å². The Morgan fingerprint density at radius 3 is 2.70 bits per heavy atom. The van der Waals surface area contributed by atoms with Crippen molar-refractivity contribution in [3.63, 3.8) is 0 Å². The Labute approximate surface area is 77.4 Å². The van der Waals surface area contributed by atoms with Crippen molar-refractivity contribution in [3.8, 4) is 0 Å². The molecule has 0 aromatic carbocycles. The molecule has 0 aliphatic heterocycles. The molecule has 0 aromatic rings. The third-order valence-electron chi connectivity index (χ3n) is 1.16. The quantitative estimate of drug-likeness (QED) is 0.649. The second-order valence-corrected chi connectivity index (χ2v) is 4.87. The lowest BCUT2D eigenvalue weighted by atomic mass is 10.1. The van der Waals surface area contributed by atoms with E-state index in [9.17, 15) is 0 Å². The first-order valence-electron chi connectivity index (χ1n) is 2.64. The number of aliphatic hydroxyl groups is 1. The second kappa shape index (κ2) is 2.76. The number of alkyl halides is 3. The van der Waals surface area contributed by atoms with Gasteiger partial charge in [0.1, 0.15) is 9.54 Å². The lowest BCUT2D eigenvalue weighted by Gasteiger charge is -2.21. The second-order valence-electron chi connectivity index (χ2n) is 2.00. The molecule has 2 atom stereocenters. The third-order valence-corrected chi connectivity index (χ3v) is 3.13. The van der Waals surface area contributed by atoms with E-state index >= 15 is 0 Å². The molecule has 1 nitrogen and oxygen atoms in total. The van der Waals surface area contributed by atoms with Crippen molar-refractivity contribution in [1.29, 1.82) is 0 Å². The molecule has 0 spiro atoms. The smallest absolute Gasteiger partial charge is 0.137 e. The zero-order valence-electron chi connectivity index (χ0n) is 4.89. The summed E-state index contributed by atoms with van der Waals surface area (Å²) in [4.78, 5) is 0. The van der Waals surface area contributed by atoms with Crippen LogP contribution in [-0.4, -0.2) is 14.3 Å². The Morgan fingerprint density at radius 2 is 2.30 bits per heavy atom. The minimum absolute atomic E-state index is 0.149. The Kier molecular flexibility index (Phi) is 2.33. The van der Waals surface area contributed by atoms with Gasteiger partial charge >= 0.3 is 0 Å². The van der Waals surface area contributed by atoms with Crippen LogP contribution in [0.1, 0.15) is 0 Å². The van der Waals surface area contributed by atoms with E-state index in [-0.39, 0.29) is 5.76 Å². The summed E-state index contributed by atoms with van der Waals surface area (Å²) >= 11 is 14.7. The van der Waals surface area contributed by atoms with E-state index in [4.69, 9.17) is 28.3 Å². The van der Waals surface area contributed by atoms with Gasteiger partial charge in [0.05, 0.1) is 5.38 Å². The zero-order chi connectivity index (χ0) is 7.78. The van der Waals surface area contributed by atoms with Crippen LogP contribution in [0, 0.1) is 0 Å². The molecule has 0 amide bonds. The number of hydrogen-bond acceptors (Lipinski definition) is 1. The molecule has 0 saturated heterocycles. The summed E-state index contributed by atoms with van der Waals surface area (Å²) in [5.74, 6) is 0.149. The number of allylic oxidation sites excluding steroid dienone is 3. The van der Waals surface area contributed by atoms with Gasteiger partial charge in [-0.3, -0.25) is 0 Å². The topological polar surface area (TPSA) is 20.2 Å². The van der Waals surface area contributed by atoms with Crippen LogP contribution in [0.2, 0.25) is 0 Å². The molecule has 56 valence electrons. The van der Waals surface area contributed by atoms with Gasteiger partial charge in [-0.2, -0.15) is 0 Å². The molecule has 0 heterocycles. The van der Waals surface area contributed by atoms with Gasteiger partial charge in [0.25, 0.3) is 0 Å². The van der Waals surface area contributed by atoms with Crippen LogP contribution in [-0.2, 0) is 0 Å². The molecule has 2 unspecified atom stereocenters. The van der Waals surface area contributed by atoms with Crippen molar-refractivity contribution >= 4 is 39.1 Å². The summed E-state index contributed by atoms with van der Waals surface area (Å²) in [6, 6.07) is 0. The molecule has 0 radical (unpaired) electrons. The van der Waals surface area contributed by atoms with Crippen LogP contribution in [0.15, 0.2) is 24.0 Å². The van der Waals surface area contributed by atoms with Gasteiger partial charge in [-0.25, -0.2) is 0 Å². The summed E-state index contributed by atoms with van der Waals surface area (Å²) in [6.45, 7) is 0. The fourth-order valence-corrected chi connectivity index (χ4v) is 1.20. The maximum atomic E-state index is 8.92. The van der Waals surface area contributed by atoms with Crippen molar-refractivity contribution in [2.75, 3.05) is 0 Å². The summed E-state index contributed by atoms with van der Waals surface area (Å²) < 4.78 is -0.749. The van der Waals surface area contributed by atoms with Gasteiger partial charge in [0, 0.05) is 0 Å². The van der Waals surface area contributed by atoms with Gasteiger partial charge in [-0.1, -0.05) is 15.9 Å². The Morgan fingerprint density at radius 1 is 1.70 bits per heavy atom. The Balaban J connectivity index is 2.84. The first kappa shape index (κ1) is 8.44. The summed E-state index contributed by atoms with van der Waals surface area (Å²) in [7, 11) is 0. The summed E-state index contributed by atoms with van der Waals surface area (Å²) in [6.07, 6.45) is 4.57. The predicted octanol–water partition coefficient (Wildman–Crippen LogP) is 2.94. The van der Waals surface area contributed by atoms with Crippen molar-refractivity contribution in [2.24, 2.45) is 0 Å². The number of hydrogen-bond donors (Lipinski definition) is 1. The van der Waals surface area contributed by atoms with Crippen molar-refractivity contribution in [3.05, 3.63) is 24.0 Å². The van der Waals surface area contributed by atoms with Gasteiger partial charge in [0.2, 0.25) is 0 Å². The molecule has 1 N–H and O–H groups in total. The van der Waals surface area contributed by atoms with Crippen molar-refractivity contribution in [2.45, 2.75) is 9.16 Å². The molecule has 0 bridgehead atoms. The Bertz CT molecular complexity index is 198. The molecule has 1 aliphatic rings. The van der Waals surface area contributed by atoms with Crippen molar-refractivity contribution in [1.82, 2.24) is 0 Å². The molecule has 0 fully saturated rings. The SMILES string of the molecule is OC1=CC(Cl)C(Cl)(Br)C=C1. The molecule has 4 heteroatoms. The van der Waals surface area contributed by atoms with Gasteiger partial charge < -0.3 is 5.11 Å². The number of halogens is 3. The molecular weight excluding hydrogens is 239 g/mol. The van der Waals surface area contributed by atoms with Gasteiger partial charge in [-0.05, 0) is 18.2 Å². The lowest BCUT2D eigenvalue weighted by molar-refractivity contribution is 0.427. The van der Waals surface area contributed by atoms with E-state index in [0.717, 1.165) is 0 Å². The fourth-order valence-electron chi connectivity index (χ4n) is 0.605. The first-order valence-corrected chi connectivity index (χ1v) is 4.25. The lowest BCUT2D eigenvalue weighted by Crippen LogP contribution is -2.23. The van der Waals surface area contributed by atoms with E-state index < -0.39 is 9.16 Å². The van der Waals surface area contributed by atoms with Gasteiger partial charge in [-0.15, -0.1) is 23.2 Å². The molecule has 1 aliphatic carbocycles. The molecular formula is C6H5BrCl2O. The predicted molar refractivity (Wildman–Crippen MR) is 47.0 cm³/mol. The molecule has 0 saturated carbocycles. The van der Waals surface area contributed by atoms with Crippen LogP contribution in [0.25, 0.3) is 0 Å². The average Bonchev–Trinajstić information content (AvgIpc) is 1.81. The third kappa shape index (κ3) is 1.68. The summed E-state index contributed by atoms with van der Waals surface area (Å²) in [5.41, 5.74) is 0. The number of rotatable bonds is 0. The highest BCUT2D eigenvalue weighted by atomic mass is 79.9. The maximum Gasteiger partial charge on any atom is 0.137 e. The maximum absolute atomic E-state index is 8.92. The van der Waals surface area contributed by atoms with Crippen LogP contribution in [0.4, 0.5) is 0 Å². The molecule has 0 aromatic heterocycles. The van der Waals surface area contributed by atoms with E-state index in [0.29, 0.717) is 0 Å². The van der Waals surface area contributed by atoms with Crippen LogP contribution in [0.3, 0.4) is 0 Å². The fraction of sp³-hybridized carbons (Fsp3) is 0.333. The minimum Gasteiger partial charge on any atom is -0.508 e. The van der Waals surface area contributed by atoms with Crippen LogP contribution in [0.5, 0.6) is 0 Å². The summed E-state index contributed by atoms with van der Waals surface area (Å²) in [5, 5.41) is 8.50. The van der Waals surface area contributed by atoms with E-state index in [1.54, 1.807) is 6.08 Å². The van der Waals surface area contributed by atoms with Gasteiger partial charge in [0.15, 0.2) is 0 Å². The van der Waals surface area contributed by atoms with E-state index in [1.807, 2.05) is 0 Å². The Hall–Kier alpha value is 0.340. The minimum atomic E-state index is -0.749. The highest BCUT2D eigenvalue weighted by molar-refractivity contribution is 9.10. The largest absolute Gasteiger partial charge is 0.508 e. The standard InChI is InChI=1S/C6H5BrCl2O/c7-6(9)2-1-4(10)3-5(6)8/h1-3,5,10H. The molecule has 1 rings (SSSR count). The van der Waals surface area contributed by atoms with E-state index in [1.165, 1.54) is 12.2 Å². The normalized spacial score (nSPS) is 39.5. The molecule has 10 heavy (non-hydrogen) atoms. The van der Waals surface area contributed by atoms with E-state index in [2.05, 4.69) is 15.9 Å².